The molecule has 1 atom stereocenters. The molecule has 1 aromatic rings. The average Bonchev–Trinajstić information content (AvgIpc) is 3.02. The molecule has 1 aromatic carbocycles. The van der Waals surface area contributed by atoms with Gasteiger partial charge in [0, 0.05) is 11.2 Å². The molecule has 0 spiro atoms. The smallest absolute Gasteiger partial charge is 0.433 e. The van der Waals surface area contributed by atoms with Crippen molar-refractivity contribution in [3.63, 3.8) is 0 Å². The minimum Gasteiger partial charge on any atom is -0.456 e. The highest BCUT2D eigenvalue weighted by Crippen LogP contribution is 2.38. The molecule has 158 valence electrons. The Bertz CT molecular complexity index is 800. The molecule has 0 fully saturated rings. The van der Waals surface area contributed by atoms with Gasteiger partial charge in [-0.3, -0.25) is 0 Å². The molecule has 0 saturated heterocycles. The third kappa shape index (κ3) is 5.41. The van der Waals surface area contributed by atoms with Crippen molar-refractivity contribution >= 4 is 29.8 Å². The summed E-state index contributed by atoms with van der Waals surface area (Å²) in [5, 5.41) is 2.45. The first-order valence-electron chi connectivity index (χ1n) is 9.21. The molecule has 1 unspecified atom stereocenters. The Labute approximate surface area is 174 Å². The van der Waals surface area contributed by atoms with Gasteiger partial charge in [-0.05, 0) is 52.3 Å². The van der Waals surface area contributed by atoms with Crippen molar-refractivity contribution in [3.05, 3.63) is 46.6 Å². The summed E-state index contributed by atoms with van der Waals surface area (Å²) in [4.78, 5) is 38.1. The van der Waals surface area contributed by atoms with E-state index < -0.39 is 29.8 Å². The van der Waals surface area contributed by atoms with E-state index in [1.165, 1.54) is 6.20 Å². The minimum absolute atomic E-state index is 0.0844. The van der Waals surface area contributed by atoms with Gasteiger partial charge in [0.1, 0.15) is 11.6 Å². The molecular weight excluding hydrogens is 400 g/mol. The maximum absolute atomic E-state index is 12.9. The number of halogens is 1. The molecule has 0 N–H and O–H groups in total. The fourth-order valence-corrected chi connectivity index (χ4v) is 2.83. The summed E-state index contributed by atoms with van der Waals surface area (Å²) in [6.45, 7) is 8.63. The predicted molar refractivity (Wildman–Crippen MR) is 106 cm³/mol. The molecule has 29 heavy (non-hydrogen) atoms. The molecule has 0 bridgehead atoms. The third-order valence-corrected chi connectivity index (χ3v) is 4.01. The van der Waals surface area contributed by atoms with Gasteiger partial charge in [-0.25, -0.2) is 14.4 Å². The van der Waals surface area contributed by atoms with E-state index in [1.807, 2.05) is 0 Å². The van der Waals surface area contributed by atoms with Crippen molar-refractivity contribution in [1.29, 1.82) is 0 Å². The molecule has 1 aliphatic heterocycles. The number of benzene rings is 1. The monoisotopic (exact) mass is 424 g/mol. The Kier molecular flexibility index (Phi) is 7.13. The zero-order valence-electron chi connectivity index (χ0n) is 17.1. The standard InChI is InChI=1S/C20H25ClN2O6/c1-6-27-18(25)22-12-15(17(24)29-20(3,4)5)16(23(22)19(26)28-7-2)13-8-10-14(21)11-9-13/h8-12,16H,6-7H2,1-5H3. The Morgan fingerprint density at radius 1 is 1.00 bits per heavy atom. The molecule has 2 amide bonds. The number of rotatable bonds is 4. The van der Waals surface area contributed by atoms with Gasteiger partial charge in [-0.15, -0.1) is 0 Å². The number of esters is 1. The van der Waals surface area contributed by atoms with Crippen molar-refractivity contribution in [1.82, 2.24) is 10.0 Å². The number of amides is 2. The van der Waals surface area contributed by atoms with E-state index in [1.54, 1.807) is 58.9 Å². The van der Waals surface area contributed by atoms with Gasteiger partial charge in [0.15, 0.2) is 0 Å². The van der Waals surface area contributed by atoms with E-state index in [9.17, 15) is 14.4 Å². The van der Waals surface area contributed by atoms with Crippen LogP contribution in [0.1, 0.15) is 46.2 Å². The Morgan fingerprint density at radius 3 is 2.07 bits per heavy atom. The molecule has 0 aliphatic carbocycles. The summed E-state index contributed by atoms with van der Waals surface area (Å²) < 4.78 is 15.6. The van der Waals surface area contributed by atoms with E-state index in [0.29, 0.717) is 10.6 Å². The van der Waals surface area contributed by atoms with Crippen LogP contribution in [-0.2, 0) is 19.0 Å². The van der Waals surface area contributed by atoms with Crippen molar-refractivity contribution in [2.45, 2.75) is 46.3 Å². The van der Waals surface area contributed by atoms with Gasteiger partial charge >= 0.3 is 18.2 Å². The second-order valence-electron chi connectivity index (χ2n) is 7.13. The van der Waals surface area contributed by atoms with Crippen molar-refractivity contribution in [3.8, 4) is 0 Å². The van der Waals surface area contributed by atoms with Gasteiger partial charge in [-0.2, -0.15) is 10.0 Å². The molecule has 0 radical (unpaired) electrons. The predicted octanol–water partition coefficient (Wildman–Crippen LogP) is 4.45. The zero-order chi connectivity index (χ0) is 21.8. The fraction of sp³-hybridized carbons (Fsp3) is 0.450. The quantitative estimate of drug-likeness (QED) is 0.524. The maximum Gasteiger partial charge on any atom is 0.433 e. The van der Waals surface area contributed by atoms with E-state index in [-0.39, 0.29) is 18.8 Å². The molecule has 9 heteroatoms. The molecule has 1 aliphatic rings. The van der Waals surface area contributed by atoms with E-state index in [0.717, 1.165) is 10.0 Å². The number of ether oxygens (including phenoxy) is 3. The van der Waals surface area contributed by atoms with E-state index >= 15 is 0 Å². The largest absolute Gasteiger partial charge is 0.456 e. The number of hydrazine groups is 1. The SMILES string of the molecule is CCOC(=O)N1C=C(C(=O)OC(C)(C)C)C(c2ccc(Cl)cc2)N1C(=O)OCC. The molecule has 1 heterocycles. The lowest BCUT2D eigenvalue weighted by Gasteiger charge is -2.31. The Balaban J connectivity index is 2.56. The van der Waals surface area contributed by atoms with Crippen molar-refractivity contribution in [2.75, 3.05) is 13.2 Å². The van der Waals surface area contributed by atoms with Crippen LogP contribution in [0.3, 0.4) is 0 Å². The lowest BCUT2D eigenvalue weighted by molar-refractivity contribution is -0.150. The summed E-state index contributed by atoms with van der Waals surface area (Å²) in [5.41, 5.74) is -0.135. The fourth-order valence-electron chi connectivity index (χ4n) is 2.70. The van der Waals surface area contributed by atoms with Gasteiger partial charge in [-0.1, -0.05) is 23.7 Å². The number of carbonyl (C=O) groups excluding carboxylic acids is 3. The van der Waals surface area contributed by atoms with Crippen LogP contribution in [0.15, 0.2) is 36.0 Å². The van der Waals surface area contributed by atoms with E-state index in [2.05, 4.69) is 0 Å². The van der Waals surface area contributed by atoms with Crippen LogP contribution in [0.2, 0.25) is 5.02 Å². The highest BCUT2D eigenvalue weighted by Gasteiger charge is 2.46. The first kappa shape index (κ1) is 22.5. The Hall–Kier alpha value is -2.74. The summed E-state index contributed by atoms with van der Waals surface area (Å²) in [6, 6.07) is 5.61. The molecule has 2 rings (SSSR count). The Morgan fingerprint density at radius 2 is 1.55 bits per heavy atom. The first-order valence-corrected chi connectivity index (χ1v) is 9.59. The van der Waals surface area contributed by atoms with Gasteiger partial charge in [0.05, 0.1) is 18.8 Å². The summed E-state index contributed by atoms with van der Waals surface area (Å²) >= 11 is 5.98. The summed E-state index contributed by atoms with van der Waals surface area (Å²) in [6.07, 6.45) is -0.393. The van der Waals surface area contributed by atoms with Crippen molar-refractivity contribution < 1.29 is 28.6 Å². The van der Waals surface area contributed by atoms with Gasteiger partial charge < -0.3 is 14.2 Å². The first-order chi connectivity index (χ1) is 13.6. The second kappa shape index (κ2) is 9.17. The van der Waals surface area contributed by atoms with Crippen LogP contribution < -0.4 is 0 Å². The maximum atomic E-state index is 12.9. The van der Waals surface area contributed by atoms with Crippen molar-refractivity contribution in [2.24, 2.45) is 0 Å². The molecule has 0 aromatic heterocycles. The normalized spacial score (nSPS) is 16.3. The van der Waals surface area contributed by atoms with Crippen LogP contribution in [-0.4, -0.2) is 47.0 Å². The number of hydrogen-bond donors (Lipinski definition) is 0. The van der Waals surface area contributed by atoms with Gasteiger partial charge in [0.2, 0.25) is 0 Å². The topological polar surface area (TPSA) is 85.4 Å². The third-order valence-electron chi connectivity index (χ3n) is 3.76. The lowest BCUT2D eigenvalue weighted by Crippen LogP contribution is -2.46. The van der Waals surface area contributed by atoms with Crippen LogP contribution in [0.5, 0.6) is 0 Å². The van der Waals surface area contributed by atoms with Gasteiger partial charge in [0.25, 0.3) is 0 Å². The van der Waals surface area contributed by atoms with Crippen LogP contribution in [0.25, 0.3) is 0 Å². The second-order valence-corrected chi connectivity index (χ2v) is 7.56. The van der Waals surface area contributed by atoms with E-state index in [4.69, 9.17) is 25.8 Å². The number of nitrogens with zero attached hydrogens (tertiary/aromatic N) is 2. The summed E-state index contributed by atoms with van der Waals surface area (Å²) in [7, 11) is 0. The molecule has 8 nitrogen and oxygen atoms in total. The molecular formula is C20H25ClN2O6. The highest BCUT2D eigenvalue weighted by molar-refractivity contribution is 6.30. The average molecular weight is 425 g/mol. The number of hydrogen-bond acceptors (Lipinski definition) is 6. The van der Waals surface area contributed by atoms with Crippen LogP contribution >= 0.6 is 11.6 Å². The van der Waals surface area contributed by atoms with Crippen LogP contribution in [0, 0.1) is 0 Å². The lowest BCUT2D eigenvalue weighted by atomic mass is 10.00. The summed E-state index contributed by atoms with van der Waals surface area (Å²) in [5.74, 6) is -0.668. The molecule has 0 saturated carbocycles. The minimum atomic E-state index is -0.953. The highest BCUT2D eigenvalue weighted by atomic mass is 35.5. The number of carbonyl (C=O) groups is 3. The zero-order valence-corrected chi connectivity index (χ0v) is 17.9. The van der Waals surface area contributed by atoms with Crippen LogP contribution in [0.4, 0.5) is 9.59 Å².